The molecule has 0 fully saturated rings. The lowest BCUT2D eigenvalue weighted by atomic mass is 10.2. The fourth-order valence-corrected chi connectivity index (χ4v) is 1.23. The molecule has 1 aromatic carbocycles. The summed E-state index contributed by atoms with van der Waals surface area (Å²) in [5.41, 5.74) is 0.684. The SMILES string of the molecule is CCC(O)COc1cc(OC)ccc1CO. The maximum atomic E-state index is 9.39. The monoisotopic (exact) mass is 226 g/mol. The Morgan fingerprint density at radius 2 is 2.12 bits per heavy atom. The van der Waals surface area contributed by atoms with Gasteiger partial charge in [-0.3, -0.25) is 0 Å². The zero-order chi connectivity index (χ0) is 12.0. The van der Waals surface area contributed by atoms with E-state index < -0.39 is 6.10 Å². The number of aliphatic hydroxyl groups excluding tert-OH is 2. The Morgan fingerprint density at radius 1 is 1.38 bits per heavy atom. The van der Waals surface area contributed by atoms with Gasteiger partial charge in [-0.05, 0) is 18.6 Å². The molecule has 0 saturated carbocycles. The van der Waals surface area contributed by atoms with Crippen molar-refractivity contribution in [2.45, 2.75) is 26.1 Å². The first kappa shape index (κ1) is 12.8. The summed E-state index contributed by atoms with van der Waals surface area (Å²) in [6.07, 6.45) is 0.149. The van der Waals surface area contributed by atoms with Gasteiger partial charge in [-0.1, -0.05) is 6.92 Å². The normalized spacial score (nSPS) is 12.2. The van der Waals surface area contributed by atoms with Crippen LogP contribution in [-0.2, 0) is 6.61 Å². The molecule has 4 heteroatoms. The van der Waals surface area contributed by atoms with Crippen molar-refractivity contribution in [3.63, 3.8) is 0 Å². The average Bonchev–Trinajstić information content (AvgIpc) is 2.35. The molecule has 0 amide bonds. The van der Waals surface area contributed by atoms with Gasteiger partial charge >= 0.3 is 0 Å². The van der Waals surface area contributed by atoms with Gasteiger partial charge in [0.05, 0.1) is 19.8 Å². The highest BCUT2D eigenvalue weighted by Crippen LogP contribution is 2.25. The third kappa shape index (κ3) is 3.40. The molecule has 1 aromatic rings. The fraction of sp³-hybridized carbons (Fsp3) is 0.500. The smallest absolute Gasteiger partial charge is 0.128 e. The molecule has 0 spiro atoms. The van der Waals surface area contributed by atoms with Gasteiger partial charge in [0.15, 0.2) is 0 Å². The molecule has 90 valence electrons. The second-order valence-electron chi connectivity index (χ2n) is 3.50. The average molecular weight is 226 g/mol. The molecule has 0 aliphatic carbocycles. The standard InChI is InChI=1S/C12H18O4/c1-3-10(14)8-16-12-6-11(15-2)5-4-9(12)7-13/h4-6,10,13-14H,3,7-8H2,1-2H3. The number of benzene rings is 1. The van der Waals surface area contributed by atoms with E-state index in [9.17, 15) is 5.11 Å². The van der Waals surface area contributed by atoms with E-state index >= 15 is 0 Å². The molecular formula is C12H18O4. The Labute approximate surface area is 95.4 Å². The summed E-state index contributed by atoms with van der Waals surface area (Å²) in [7, 11) is 1.57. The molecule has 1 atom stereocenters. The second kappa shape index (κ2) is 6.35. The summed E-state index contributed by atoms with van der Waals surface area (Å²) in [5, 5.41) is 18.5. The predicted molar refractivity (Wildman–Crippen MR) is 60.7 cm³/mol. The van der Waals surface area contributed by atoms with Crippen LogP contribution in [0.3, 0.4) is 0 Å². The Bertz CT molecular complexity index is 325. The quantitative estimate of drug-likeness (QED) is 0.768. The predicted octanol–water partition coefficient (Wildman–Crippen LogP) is 1.34. The second-order valence-corrected chi connectivity index (χ2v) is 3.50. The molecule has 4 nitrogen and oxygen atoms in total. The van der Waals surface area contributed by atoms with Crippen molar-refractivity contribution in [3.8, 4) is 11.5 Å². The summed E-state index contributed by atoms with van der Waals surface area (Å²) >= 11 is 0. The highest BCUT2D eigenvalue weighted by Gasteiger charge is 2.07. The van der Waals surface area contributed by atoms with E-state index in [1.807, 2.05) is 6.92 Å². The Morgan fingerprint density at radius 3 is 2.69 bits per heavy atom. The maximum Gasteiger partial charge on any atom is 0.128 e. The van der Waals surface area contributed by atoms with Crippen LogP contribution in [0.15, 0.2) is 18.2 Å². The van der Waals surface area contributed by atoms with E-state index in [2.05, 4.69) is 0 Å². The molecule has 0 radical (unpaired) electrons. The molecule has 1 rings (SSSR count). The molecule has 0 aromatic heterocycles. The lowest BCUT2D eigenvalue weighted by molar-refractivity contribution is 0.102. The van der Waals surface area contributed by atoms with Crippen LogP contribution in [0.1, 0.15) is 18.9 Å². The third-order valence-electron chi connectivity index (χ3n) is 2.35. The summed E-state index contributed by atoms with van der Waals surface area (Å²) < 4.78 is 10.5. The van der Waals surface area contributed by atoms with E-state index in [-0.39, 0.29) is 13.2 Å². The van der Waals surface area contributed by atoms with Crippen LogP contribution in [0.4, 0.5) is 0 Å². The van der Waals surface area contributed by atoms with E-state index in [1.54, 1.807) is 25.3 Å². The molecule has 0 heterocycles. The zero-order valence-corrected chi connectivity index (χ0v) is 9.64. The van der Waals surface area contributed by atoms with Gasteiger partial charge in [0.2, 0.25) is 0 Å². The van der Waals surface area contributed by atoms with Crippen LogP contribution < -0.4 is 9.47 Å². The molecule has 0 aliphatic heterocycles. The molecule has 1 unspecified atom stereocenters. The zero-order valence-electron chi connectivity index (χ0n) is 9.64. The topological polar surface area (TPSA) is 58.9 Å². The summed E-state index contributed by atoms with van der Waals surface area (Å²) in [6.45, 7) is 2.00. The number of rotatable bonds is 6. The van der Waals surface area contributed by atoms with Gasteiger partial charge in [0.1, 0.15) is 18.1 Å². The van der Waals surface area contributed by atoms with E-state index in [4.69, 9.17) is 14.6 Å². The Hall–Kier alpha value is -1.26. The minimum atomic E-state index is -0.488. The summed E-state index contributed by atoms with van der Waals surface area (Å²) in [5.74, 6) is 1.22. The molecule has 0 bridgehead atoms. The number of ether oxygens (including phenoxy) is 2. The van der Waals surface area contributed by atoms with Gasteiger partial charge in [-0.15, -0.1) is 0 Å². The number of hydrogen-bond acceptors (Lipinski definition) is 4. The van der Waals surface area contributed by atoms with Gasteiger partial charge in [-0.25, -0.2) is 0 Å². The van der Waals surface area contributed by atoms with Crippen molar-refractivity contribution in [1.82, 2.24) is 0 Å². The van der Waals surface area contributed by atoms with E-state index in [0.29, 0.717) is 23.5 Å². The first-order valence-corrected chi connectivity index (χ1v) is 5.29. The minimum absolute atomic E-state index is 0.0957. The van der Waals surface area contributed by atoms with Crippen molar-refractivity contribution in [2.24, 2.45) is 0 Å². The molecular weight excluding hydrogens is 208 g/mol. The van der Waals surface area contributed by atoms with Gasteiger partial charge in [-0.2, -0.15) is 0 Å². The van der Waals surface area contributed by atoms with E-state index in [0.717, 1.165) is 0 Å². The van der Waals surface area contributed by atoms with Gasteiger partial charge < -0.3 is 19.7 Å². The third-order valence-corrected chi connectivity index (χ3v) is 2.35. The van der Waals surface area contributed by atoms with Crippen LogP contribution in [0, 0.1) is 0 Å². The first-order valence-electron chi connectivity index (χ1n) is 5.29. The highest BCUT2D eigenvalue weighted by molar-refractivity contribution is 5.40. The Kier molecular flexibility index (Phi) is 5.08. The van der Waals surface area contributed by atoms with E-state index in [1.165, 1.54) is 0 Å². The molecule has 16 heavy (non-hydrogen) atoms. The van der Waals surface area contributed by atoms with Crippen molar-refractivity contribution < 1.29 is 19.7 Å². The van der Waals surface area contributed by atoms with Crippen LogP contribution in [0.2, 0.25) is 0 Å². The summed E-state index contributed by atoms with van der Waals surface area (Å²) in [6, 6.07) is 5.20. The number of aliphatic hydroxyl groups is 2. The highest BCUT2D eigenvalue weighted by atomic mass is 16.5. The first-order chi connectivity index (χ1) is 7.71. The number of methoxy groups -OCH3 is 1. The van der Waals surface area contributed by atoms with Gasteiger partial charge in [0.25, 0.3) is 0 Å². The van der Waals surface area contributed by atoms with Crippen molar-refractivity contribution >= 4 is 0 Å². The van der Waals surface area contributed by atoms with Crippen LogP contribution >= 0.6 is 0 Å². The van der Waals surface area contributed by atoms with Crippen molar-refractivity contribution in [2.75, 3.05) is 13.7 Å². The molecule has 0 saturated heterocycles. The largest absolute Gasteiger partial charge is 0.497 e. The molecule has 0 aliphatic rings. The lowest BCUT2D eigenvalue weighted by Crippen LogP contribution is -2.16. The van der Waals surface area contributed by atoms with Crippen LogP contribution in [-0.4, -0.2) is 30.0 Å². The lowest BCUT2D eigenvalue weighted by Gasteiger charge is -2.14. The van der Waals surface area contributed by atoms with Crippen LogP contribution in [0.5, 0.6) is 11.5 Å². The van der Waals surface area contributed by atoms with Crippen molar-refractivity contribution in [1.29, 1.82) is 0 Å². The maximum absolute atomic E-state index is 9.39. The van der Waals surface area contributed by atoms with Crippen LogP contribution in [0.25, 0.3) is 0 Å². The van der Waals surface area contributed by atoms with Gasteiger partial charge in [0, 0.05) is 11.6 Å². The molecule has 2 N–H and O–H groups in total. The minimum Gasteiger partial charge on any atom is -0.497 e. The van der Waals surface area contributed by atoms with Crippen molar-refractivity contribution in [3.05, 3.63) is 23.8 Å². The number of hydrogen-bond donors (Lipinski definition) is 2. The Balaban J connectivity index is 2.75. The summed E-state index contributed by atoms with van der Waals surface area (Å²) in [4.78, 5) is 0. The fourth-order valence-electron chi connectivity index (χ4n) is 1.23.